The second kappa shape index (κ2) is 7.74. The number of amides is 1. The first kappa shape index (κ1) is 15.4. The Morgan fingerprint density at radius 3 is 2.38 bits per heavy atom. The maximum Gasteiger partial charge on any atom is 0.234 e. The topological polar surface area (TPSA) is 38.3 Å². The van der Waals surface area contributed by atoms with Crippen molar-refractivity contribution in [3.63, 3.8) is 0 Å². The van der Waals surface area contributed by atoms with E-state index in [0.717, 1.165) is 16.3 Å². The number of carbonyl (C=O) groups excluding carboxylic acids is 1. The summed E-state index contributed by atoms with van der Waals surface area (Å²) in [6, 6.07) is 15.6. The zero-order valence-corrected chi connectivity index (χ0v) is 13.1. The molecule has 2 aromatic rings. The number of carbonyl (C=O) groups is 1. The lowest BCUT2D eigenvalue weighted by Crippen LogP contribution is -2.13. The summed E-state index contributed by atoms with van der Waals surface area (Å²) in [5.74, 6) is 1.24. The molecule has 0 saturated heterocycles. The van der Waals surface area contributed by atoms with Crippen molar-refractivity contribution in [1.82, 2.24) is 0 Å². The van der Waals surface area contributed by atoms with Gasteiger partial charge >= 0.3 is 0 Å². The lowest BCUT2D eigenvalue weighted by atomic mass is 10.2. The van der Waals surface area contributed by atoms with Crippen LogP contribution in [0.2, 0.25) is 0 Å². The van der Waals surface area contributed by atoms with Crippen molar-refractivity contribution in [2.24, 2.45) is 0 Å². The molecule has 0 aliphatic rings. The van der Waals surface area contributed by atoms with Crippen LogP contribution in [0.1, 0.15) is 12.5 Å². The highest BCUT2D eigenvalue weighted by molar-refractivity contribution is 8.00. The van der Waals surface area contributed by atoms with E-state index in [-0.39, 0.29) is 5.91 Å². The number of benzene rings is 2. The molecule has 0 aliphatic heterocycles. The Balaban J connectivity index is 1.81. The summed E-state index contributed by atoms with van der Waals surface area (Å²) >= 11 is 1.51. The Morgan fingerprint density at radius 1 is 1.10 bits per heavy atom. The van der Waals surface area contributed by atoms with E-state index in [1.165, 1.54) is 17.3 Å². The lowest BCUT2D eigenvalue weighted by molar-refractivity contribution is -0.113. The van der Waals surface area contributed by atoms with E-state index in [4.69, 9.17) is 4.74 Å². The van der Waals surface area contributed by atoms with Gasteiger partial charge in [0.25, 0.3) is 0 Å². The Hall–Kier alpha value is -1.94. The molecule has 0 aliphatic carbocycles. The van der Waals surface area contributed by atoms with Crippen LogP contribution in [0, 0.1) is 6.92 Å². The quantitative estimate of drug-likeness (QED) is 0.815. The van der Waals surface area contributed by atoms with Crippen LogP contribution in [0.5, 0.6) is 5.75 Å². The van der Waals surface area contributed by atoms with E-state index in [1.54, 1.807) is 0 Å². The molecule has 2 aromatic carbocycles. The van der Waals surface area contributed by atoms with Gasteiger partial charge in [-0.05, 0) is 50.2 Å². The Labute approximate surface area is 129 Å². The highest BCUT2D eigenvalue weighted by Gasteiger charge is 2.04. The Bertz CT molecular complexity index is 579. The minimum atomic E-state index is -0.00209. The van der Waals surface area contributed by atoms with Gasteiger partial charge in [0.15, 0.2) is 0 Å². The number of ether oxygens (including phenoxy) is 1. The molecule has 0 unspecified atom stereocenters. The molecule has 110 valence electrons. The summed E-state index contributed by atoms with van der Waals surface area (Å²) in [5.41, 5.74) is 2.01. The van der Waals surface area contributed by atoms with Crippen LogP contribution in [0.3, 0.4) is 0 Å². The second-order valence-corrected chi connectivity index (χ2v) is 5.66. The third-order valence-corrected chi connectivity index (χ3v) is 3.85. The van der Waals surface area contributed by atoms with Gasteiger partial charge in [0.1, 0.15) is 5.75 Å². The average molecular weight is 301 g/mol. The second-order valence-electron chi connectivity index (χ2n) is 4.61. The summed E-state index contributed by atoms with van der Waals surface area (Å²) in [4.78, 5) is 12.9. The minimum absolute atomic E-state index is 0.00209. The predicted octanol–water partition coefficient (Wildman–Crippen LogP) is 4.12. The average Bonchev–Trinajstić information content (AvgIpc) is 2.49. The highest BCUT2D eigenvalue weighted by atomic mass is 32.2. The normalized spacial score (nSPS) is 10.2. The van der Waals surface area contributed by atoms with Crippen LogP contribution in [0.4, 0.5) is 5.69 Å². The fraction of sp³-hybridized carbons (Fsp3) is 0.235. The molecule has 1 amide bonds. The molecular weight excluding hydrogens is 282 g/mol. The fourth-order valence-electron chi connectivity index (χ4n) is 1.78. The molecule has 0 spiro atoms. The number of thioether (sulfide) groups is 1. The van der Waals surface area contributed by atoms with Crippen molar-refractivity contribution in [2.75, 3.05) is 17.7 Å². The molecule has 1 N–H and O–H groups in total. The van der Waals surface area contributed by atoms with Crippen LogP contribution < -0.4 is 10.1 Å². The van der Waals surface area contributed by atoms with Gasteiger partial charge in [-0.1, -0.05) is 17.7 Å². The Kier molecular flexibility index (Phi) is 5.69. The summed E-state index contributed by atoms with van der Waals surface area (Å²) in [5, 5.41) is 2.89. The molecule has 2 rings (SSSR count). The molecule has 0 aromatic heterocycles. The first-order valence-corrected chi connectivity index (χ1v) is 7.88. The van der Waals surface area contributed by atoms with Gasteiger partial charge in [-0.2, -0.15) is 0 Å². The molecule has 0 fully saturated rings. The van der Waals surface area contributed by atoms with Gasteiger partial charge < -0.3 is 10.1 Å². The van der Waals surface area contributed by atoms with Gasteiger partial charge in [0.2, 0.25) is 5.91 Å². The minimum Gasteiger partial charge on any atom is -0.494 e. The maximum absolute atomic E-state index is 11.9. The van der Waals surface area contributed by atoms with Crippen LogP contribution >= 0.6 is 11.8 Å². The smallest absolute Gasteiger partial charge is 0.234 e. The largest absolute Gasteiger partial charge is 0.494 e. The van der Waals surface area contributed by atoms with Gasteiger partial charge in [-0.15, -0.1) is 11.8 Å². The molecule has 4 heteroatoms. The van der Waals surface area contributed by atoms with E-state index >= 15 is 0 Å². The summed E-state index contributed by atoms with van der Waals surface area (Å²) in [6.45, 7) is 4.64. The summed E-state index contributed by atoms with van der Waals surface area (Å²) < 4.78 is 5.39. The standard InChI is InChI=1S/C17H19NO2S/c1-3-20-15-8-10-16(11-9-15)21-12-17(19)18-14-6-4-13(2)5-7-14/h4-11H,3,12H2,1-2H3,(H,18,19). The summed E-state index contributed by atoms with van der Waals surface area (Å²) in [7, 11) is 0. The van der Waals surface area contributed by atoms with E-state index in [2.05, 4.69) is 5.32 Å². The van der Waals surface area contributed by atoms with Gasteiger partial charge in [-0.3, -0.25) is 4.79 Å². The third-order valence-electron chi connectivity index (χ3n) is 2.84. The lowest BCUT2D eigenvalue weighted by Gasteiger charge is -2.06. The van der Waals surface area contributed by atoms with Gasteiger partial charge in [0.05, 0.1) is 12.4 Å². The number of hydrogen-bond donors (Lipinski definition) is 1. The molecule has 0 bridgehead atoms. The van der Waals surface area contributed by atoms with Crippen molar-refractivity contribution < 1.29 is 9.53 Å². The molecule has 0 heterocycles. The van der Waals surface area contributed by atoms with Crippen LogP contribution in [0.25, 0.3) is 0 Å². The van der Waals surface area contributed by atoms with E-state index < -0.39 is 0 Å². The van der Waals surface area contributed by atoms with Crippen molar-refractivity contribution in [1.29, 1.82) is 0 Å². The SMILES string of the molecule is CCOc1ccc(SCC(=O)Nc2ccc(C)cc2)cc1. The van der Waals surface area contributed by atoms with Gasteiger partial charge in [0, 0.05) is 10.6 Å². The predicted molar refractivity (Wildman–Crippen MR) is 88.1 cm³/mol. The molecule has 21 heavy (non-hydrogen) atoms. The number of hydrogen-bond acceptors (Lipinski definition) is 3. The van der Waals surface area contributed by atoms with E-state index in [1.807, 2.05) is 62.4 Å². The maximum atomic E-state index is 11.9. The van der Waals surface area contributed by atoms with Crippen molar-refractivity contribution in [3.05, 3.63) is 54.1 Å². The number of nitrogens with one attached hydrogen (secondary N) is 1. The van der Waals surface area contributed by atoms with Gasteiger partial charge in [-0.25, -0.2) is 0 Å². The van der Waals surface area contributed by atoms with Crippen molar-refractivity contribution >= 4 is 23.4 Å². The fourth-order valence-corrected chi connectivity index (χ4v) is 2.48. The molecule has 3 nitrogen and oxygen atoms in total. The zero-order chi connectivity index (χ0) is 15.1. The molecule has 0 radical (unpaired) electrons. The van der Waals surface area contributed by atoms with E-state index in [0.29, 0.717) is 12.4 Å². The molecule has 0 saturated carbocycles. The zero-order valence-electron chi connectivity index (χ0n) is 12.3. The van der Waals surface area contributed by atoms with Crippen LogP contribution in [-0.2, 0) is 4.79 Å². The number of anilines is 1. The van der Waals surface area contributed by atoms with Crippen LogP contribution in [-0.4, -0.2) is 18.3 Å². The molecule has 0 atom stereocenters. The van der Waals surface area contributed by atoms with Crippen molar-refractivity contribution in [3.8, 4) is 5.75 Å². The van der Waals surface area contributed by atoms with E-state index in [9.17, 15) is 4.79 Å². The van der Waals surface area contributed by atoms with Crippen LogP contribution in [0.15, 0.2) is 53.4 Å². The van der Waals surface area contributed by atoms with Crippen molar-refractivity contribution in [2.45, 2.75) is 18.7 Å². The Morgan fingerprint density at radius 2 is 1.76 bits per heavy atom. The highest BCUT2D eigenvalue weighted by Crippen LogP contribution is 2.21. The first-order valence-electron chi connectivity index (χ1n) is 6.89. The number of aryl methyl sites for hydroxylation is 1. The monoisotopic (exact) mass is 301 g/mol. The first-order chi connectivity index (χ1) is 10.2. The third kappa shape index (κ3) is 5.16. The number of rotatable bonds is 6. The molecular formula is C17H19NO2S. The summed E-state index contributed by atoms with van der Waals surface area (Å²) in [6.07, 6.45) is 0.